The van der Waals surface area contributed by atoms with Gasteiger partial charge in [0.1, 0.15) is 13.2 Å². The third-order valence-electron chi connectivity index (χ3n) is 4.66. The van der Waals surface area contributed by atoms with E-state index in [1.807, 2.05) is 0 Å². The van der Waals surface area contributed by atoms with Gasteiger partial charge in [-0.1, -0.05) is 13.8 Å². The Balaban J connectivity index is 1.64. The Kier molecular flexibility index (Phi) is 4.75. The molecule has 1 saturated carbocycles. The van der Waals surface area contributed by atoms with Crippen molar-refractivity contribution in [3.8, 4) is 11.5 Å². The lowest BCUT2D eigenvalue weighted by molar-refractivity contribution is 0.170. The number of halogens is 1. The normalized spacial score (nSPS) is 28.4. The summed E-state index contributed by atoms with van der Waals surface area (Å²) >= 11 is 3.59. The van der Waals surface area contributed by atoms with Crippen LogP contribution in [0.1, 0.15) is 38.7 Å². The highest BCUT2D eigenvalue weighted by Crippen LogP contribution is 2.38. The first-order valence-electron chi connectivity index (χ1n) is 7.95. The van der Waals surface area contributed by atoms with Crippen molar-refractivity contribution in [1.82, 2.24) is 5.32 Å². The van der Waals surface area contributed by atoms with Crippen molar-refractivity contribution in [2.24, 2.45) is 11.8 Å². The second-order valence-corrected chi connectivity index (χ2v) is 7.34. The maximum absolute atomic E-state index is 5.69. The summed E-state index contributed by atoms with van der Waals surface area (Å²) in [6.45, 7) is 6.88. The zero-order chi connectivity index (χ0) is 14.8. The lowest BCUT2D eigenvalue weighted by Gasteiger charge is -2.33. The molecule has 1 fully saturated rings. The van der Waals surface area contributed by atoms with Crippen molar-refractivity contribution >= 4 is 15.9 Å². The molecule has 4 heteroatoms. The van der Waals surface area contributed by atoms with E-state index >= 15 is 0 Å². The van der Waals surface area contributed by atoms with Gasteiger partial charge < -0.3 is 14.8 Å². The van der Waals surface area contributed by atoms with Gasteiger partial charge in [0.2, 0.25) is 0 Å². The monoisotopic (exact) mass is 353 g/mol. The summed E-state index contributed by atoms with van der Waals surface area (Å²) in [6.07, 6.45) is 3.96. The lowest BCUT2D eigenvalue weighted by Crippen LogP contribution is -2.38. The fourth-order valence-corrected chi connectivity index (χ4v) is 4.09. The summed E-state index contributed by atoms with van der Waals surface area (Å²) in [5.41, 5.74) is 1.25. The molecule has 21 heavy (non-hydrogen) atoms. The van der Waals surface area contributed by atoms with Gasteiger partial charge in [-0.15, -0.1) is 0 Å². The predicted molar refractivity (Wildman–Crippen MR) is 87.9 cm³/mol. The minimum atomic E-state index is 0.626. The number of benzene rings is 1. The van der Waals surface area contributed by atoms with Crippen molar-refractivity contribution in [2.75, 3.05) is 13.2 Å². The summed E-state index contributed by atoms with van der Waals surface area (Å²) in [5.74, 6) is 3.33. The summed E-state index contributed by atoms with van der Waals surface area (Å²) in [4.78, 5) is 0. The molecule has 3 atom stereocenters. The molecule has 0 saturated heterocycles. The van der Waals surface area contributed by atoms with Gasteiger partial charge in [0.15, 0.2) is 11.5 Å². The largest absolute Gasteiger partial charge is 0.486 e. The molecule has 1 aliphatic carbocycles. The molecule has 0 radical (unpaired) electrons. The predicted octanol–water partition coefficient (Wildman–Crippen LogP) is 4.13. The van der Waals surface area contributed by atoms with Crippen LogP contribution in [0.4, 0.5) is 0 Å². The fraction of sp³-hybridized carbons (Fsp3) is 0.647. The van der Waals surface area contributed by atoms with Crippen LogP contribution in [-0.2, 0) is 6.54 Å². The second-order valence-electron chi connectivity index (χ2n) is 6.48. The maximum atomic E-state index is 5.69. The third-order valence-corrected chi connectivity index (χ3v) is 5.25. The molecule has 116 valence electrons. The Morgan fingerprint density at radius 2 is 2.00 bits per heavy atom. The molecule has 3 rings (SSSR count). The first-order valence-corrected chi connectivity index (χ1v) is 8.74. The Labute approximate surface area is 135 Å². The van der Waals surface area contributed by atoms with E-state index in [1.165, 1.54) is 24.8 Å². The first-order chi connectivity index (χ1) is 10.1. The number of hydrogen-bond acceptors (Lipinski definition) is 3. The first kappa shape index (κ1) is 15.2. The van der Waals surface area contributed by atoms with E-state index in [-0.39, 0.29) is 0 Å². The summed E-state index contributed by atoms with van der Waals surface area (Å²) in [6, 6.07) is 4.87. The van der Waals surface area contributed by atoms with Gasteiger partial charge in [0.05, 0.1) is 4.47 Å². The molecule has 3 unspecified atom stereocenters. The van der Waals surface area contributed by atoms with E-state index in [4.69, 9.17) is 9.47 Å². The van der Waals surface area contributed by atoms with Gasteiger partial charge in [-0.3, -0.25) is 0 Å². The molecule has 1 heterocycles. The zero-order valence-electron chi connectivity index (χ0n) is 12.8. The minimum absolute atomic E-state index is 0.626. The average molecular weight is 354 g/mol. The van der Waals surface area contributed by atoms with Crippen LogP contribution in [0.2, 0.25) is 0 Å². The van der Waals surface area contributed by atoms with Crippen molar-refractivity contribution in [2.45, 2.75) is 45.7 Å². The third kappa shape index (κ3) is 3.54. The van der Waals surface area contributed by atoms with E-state index in [0.717, 1.165) is 34.4 Å². The molecule has 1 aromatic carbocycles. The van der Waals surface area contributed by atoms with Crippen LogP contribution in [0.5, 0.6) is 11.5 Å². The standard InChI is InChI=1S/C17H24BrNO2/c1-11-3-4-15(12(2)7-11)19-10-13-8-14(18)17-16(9-13)20-5-6-21-17/h8-9,11-12,15,19H,3-7,10H2,1-2H3. The van der Waals surface area contributed by atoms with Gasteiger partial charge in [0.25, 0.3) is 0 Å². The van der Waals surface area contributed by atoms with Crippen LogP contribution < -0.4 is 14.8 Å². The lowest BCUT2D eigenvalue weighted by atomic mass is 9.80. The van der Waals surface area contributed by atoms with Gasteiger partial charge >= 0.3 is 0 Å². The molecule has 0 spiro atoms. The van der Waals surface area contributed by atoms with Crippen molar-refractivity contribution < 1.29 is 9.47 Å². The number of hydrogen-bond donors (Lipinski definition) is 1. The highest BCUT2D eigenvalue weighted by Gasteiger charge is 2.25. The van der Waals surface area contributed by atoms with Crippen LogP contribution in [0, 0.1) is 11.8 Å². The summed E-state index contributed by atoms with van der Waals surface area (Å²) < 4.78 is 12.3. The minimum Gasteiger partial charge on any atom is -0.486 e. The van der Waals surface area contributed by atoms with Crippen molar-refractivity contribution in [3.05, 3.63) is 22.2 Å². The molecule has 0 bridgehead atoms. The molecule has 2 aliphatic rings. The molecular weight excluding hydrogens is 330 g/mol. The average Bonchev–Trinajstić information content (AvgIpc) is 2.46. The van der Waals surface area contributed by atoms with Crippen LogP contribution in [0.25, 0.3) is 0 Å². The van der Waals surface area contributed by atoms with Crippen LogP contribution in [0.15, 0.2) is 16.6 Å². The highest BCUT2D eigenvalue weighted by molar-refractivity contribution is 9.10. The molecule has 0 aromatic heterocycles. The maximum Gasteiger partial charge on any atom is 0.175 e. The SMILES string of the molecule is CC1CCC(NCc2cc(Br)c3c(c2)OCCO3)C(C)C1. The van der Waals surface area contributed by atoms with Gasteiger partial charge in [-0.2, -0.15) is 0 Å². The van der Waals surface area contributed by atoms with Crippen molar-refractivity contribution in [3.63, 3.8) is 0 Å². The Morgan fingerprint density at radius 1 is 1.19 bits per heavy atom. The molecule has 1 N–H and O–H groups in total. The second kappa shape index (κ2) is 6.57. The number of rotatable bonds is 3. The zero-order valence-corrected chi connectivity index (χ0v) is 14.4. The smallest absolute Gasteiger partial charge is 0.175 e. The van der Waals surface area contributed by atoms with Crippen molar-refractivity contribution in [1.29, 1.82) is 0 Å². The molecule has 0 amide bonds. The van der Waals surface area contributed by atoms with E-state index in [0.29, 0.717) is 19.3 Å². The van der Waals surface area contributed by atoms with Gasteiger partial charge in [-0.25, -0.2) is 0 Å². The van der Waals surface area contributed by atoms with E-state index in [9.17, 15) is 0 Å². The van der Waals surface area contributed by atoms with E-state index < -0.39 is 0 Å². The Morgan fingerprint density at radius 3 is 2.81 bits per heavy atom. The fourth-order valence-electron chi connectivity index (χ4n) is 3.48. The highest BCUT2D eigenvalue weighted by atomic mass is 79.9. The molecular formula is C17H24BrNO2. The number of ether oxygens (including phenoxy) is 2. The quantitative estimate of drug-likeness (QED) is 0.885. The van der Waals surface area contributed by atoms with E-state index in [2.05, 4.69) is 47.2 Å². The van der Waals surface area contributed by atoms with Crippen LogP contribution in [0.3, 0.4) is 0 Å². The topological polar surface area (TPSA) is 30.5 Å². The number of nitrogens with one attached hydrogen (secondary N) is 1. The molecule has 3 nitrogen and oxygen atoms in total. The summed E-state index contributed by atoms with van der Waals surface area (Å²) in [5, 5.41) is 3.73. The Hall–Kier alpha value is -0.740. The van der Waals surface area contributed by atoms with Gasteiger partial charge in [-0.05, 0) is 64.7 Å². The Bertz CT molecular complexity index is 506. The van der Waals surface area contributed by atoms with E-state index in [1.54, 1.807) is 0 Å². The summed E-state index contributed by atoms with van der Waals surface area (Å²) in [7, 11) is 0. The van der Waals surface area contributed by atoms with Crippen LogP contribution in [-0.4, -0.2) is 19.3 Å². The molecule has 1 aliphatic heterocycles. The molecule has 1 aromatic rings. The van der Waals surface area contributed by atoms with Gasteiger partial charge in [0, 0.05) is 12.6 Å². The van der Waals surface area contributed by atoms with Crippen LogP contribution >= 0.6 is 15.9 Å². The number of fused-ring (bicyclic) bond motifs is 1.